The summed E-state index contributed by atoms with van der Waals surface area (Å²) < 4.78 is 87.8. The molecule has 11 rings (SSSR count). The minimum atomic E-state index is -5.62. The minimum Gasteiger partial charge on any atom is -0.508 e. The number of aromatic hydroxyl groups is 1. The number of halogens is 3. The number of hydrogen-bond donors (Lipinski definition) is 12. The lowest BCUT2D eigenvalue weighted by Crippen LogP contribution is -2.25. The van der Waals surface area contributed by atoms with E-state index in [0.717, 1.165) is 85.5 Å². The number of nitrogens with one attached hydrogen (secondary N) is 9. The first-order valence-corrected chi connectivity index (χ1v) is 37.4. The van der Waals surface area contributed by atoms with Gasteiger partial charge in [0.15, 0.2) is 5.90 Å². The molecule has 0 aliphatic carbocycles. The van der Waals surface area contributed by atoms with Crippen LogP contribution < -0.4 is 68.1 Å². The van der Waals surface area contributed by atoms with Gasteiger partial charge >= 0.3 is 15.5 Å². The molecule has 14 N–H and O–H groups in total. The van der Waals surface area contributed by atoms with Gasteiger partial charge in [-0.2, -0.15) is 26.9 Å². The summed E-state index contributed by atoms with van der Waals surface area (Å²) in [5.41, 5.74) is 15.2. The van der Waals surface area contributed by atoms with E-state index < -0.39 is 21.4 Å². The third-order valence-electron chi connectivity index (χ3n) is 15.1. The highest BCUT2D eigenvalue weighted by Crippen LogP contribution is 2.25. The Labute approximate surface area is 660 Å². The van der Waals surface area contributed by atoms with Gasteiger partial charge in [0.05, 0.1) is 45.4 Å². The number of rotatable bonds is 35. The van der Waals surface area contributed by atoms with Gasteiger partial charge in [-0.15, -0.1) is 4.40 Å². The molecule has 114 heavy (non-hydrogen) atoms. The zero-order valence-electron chi connectivity index (χ0n) is 62.8. The number of nitrogens with zero attached hydrogens (tertiary/aromatic N) is 6. The summed E-state index contributed by atoms with van der Waals surface area (Å²) in [7, 11) is -4.11. The van der Waals surface area contributed by atoms with Gasteiger partial charge in [-0.05, 0) is 89.9 Å². The average molecular weight is 1580 g/mol. The summed E-state index contributed by atoms with van der Waals surface area (Å²) in [6.45, 7) is 5.24. The Kier molecular flexibility index (Phi) is 40.3. The van der Waals surface area contributed by atoms with E-state index in [1.807, 2.05) is 158 Å². The lowest BCUT2D eigenvalue weighted by Gasteiger charge is -2.09. The van der Waals surface area contributed by atoms with E-state index in [1.165, 1.54) is 41.6 Å². The first kappa shape index (κ1) is 89.1. The van der Waals surface area contributed by atoms with Crippen LogP contribution >= 0.6 is 0 Å². The molecule has 0 spiro atoms. The summed E-state index contributed by atoms with van der Waals surface area (Å²) in [5, 5.41) is 48.0. The zero-order chi connectivity index (χ0) is 81.7. The van der Waals surface area contributed by atoms with Gasteiger partial charge in [-0.25, -0.2) is 19.9 Å². The monoisotopic (exact) mass is 1580 g/mol. The first-order chi connectivity index (χ1) is 55.2. The summed E-state index contributed by atoms with van der Waals surface area (Å²) in [6, 6.07) is 73.2. The van der Waals surface area contributed by atoms with Crippen LogP contribution in [0, 0.1) is 22.1 Å². The number of aromatic nitrogens is 6. The van der Waals surface area contributed by atoms with Crippen molar-refractivity contribution >= 4 is 56.0 Å². The molecule has 6 heterocycles. The molecule has 11 aromatic rings. The second kappa shape index (κ2) is 51.6. The molecule has 0 amide bonds. The molecule has 0 atom stereocenters. The highest BCUT2D eigenvalue weighted by molar-refractivity contribution is 7.91. The maximum absolute atomic E-state index is 12.2. The topological polar surface area (TPSA) is 414 Å². The number of amidine groups is 2. The lowest BCUT2D eigenvalue weighted by atomic mass is 10.2. The van der Waals surface area contributed by atoms with Crippen LogP contribution in [0.15, 0.2) is 276 Å². The Bertz CT molecular complexity index is 4890. The van der Waals surface area contributed by atoms with Crippen LogP contribution in [-0.2, 0) is 47.5 Å². The van der Waals surface area contributed by atoms with E-state index in [2.05, 4.69) is 103 Å². The molecule has 5 aromatic carbocycles. The highest BCUT2D eigenvalue weighted by Gasteiger charge is 2.46. The number of nitriles is 1. The largest absolute Gasteiger partial charge is 0.518 e. The molecule has 31 heteroatoms. The molecule has 0 bridgehead atoms. The van der Waals surface area contributed by atoms with Gasteiger partial charge in [-0.3, -0.25) is 20.4 Å². The Morgan fingerprint density at radius 2 is 0.789 bits per heavy atom. The fourth-order valence-corrected chi connectivity index (χ4v) is 9.85. The van der Waals surface area contributed by atoms with Crippen molar-refractivity contribution < 1.29 is 50.4 Å². The second-order valence-electron chi connectivity index (χ2n) is 24.2. The van der Waals surface area contributed by atoms with Crippen molar-refractivity contribution in [3.63, 3.8) is 0 Å². The predicted octanol–water partition coefficient (Wildman–Crippen LogP) is 14.8. The lowest BCUT2D eigenvalue weighted by molar-refractivity contribution is -0.0435. The maximum Gasteiger partial charge on any atom is 0.518 e. The molecule has 6 aromatic heterocycles. The molecule has 0 saturated carbocycles. The molecular formula is C83H94F3N17O10S. The summed E-state index contributed by atoms with van der Waals surface area (Å²) in [5.74, 6) is 1.89. The van der Waals surface area contributed by atoms with Crippen molar-refractivity contribution in [3.8, 4) is 35.3 Å². The standard InChI is InChI=1S/C17H19F3N4O3S.C17H21N3O2.C16H20N4O.C16H17N3O.C12H12N2O.C5H5NO2/c18-17(19,20)28(25,26)24-15(21)7-4-10-27-16-11-14(8-9-22-16)23-12-13-5-2-1-3-6-13;1-21-16(18)8-5-11-22-17-12-15(9-10-19-17)20-13-14-6-3-2-4-7-14;17-15(18)7-4-10-21-16-11-14(8-9-19-16)20-12-13-5-2-1-3-6-13;17-9-4-5-11-20-16-12-15(8-10-18-16)19-13-14-6-2-1-3-7-14;15-12-8-11(6-7-13-12)14-9-10-4-2-1-3-5-10;7-4-1-2-6-5(8)3-4/h1-3,5-6,8-9,11H,4,7,10,12H2,(H2,21,24)(H,22,23);2-4,6-7,9-10,12,18H,5,8,11,13H2,1H3,(H,19,20);1-3,5-6,8-9,11H,4,7,10,12H2,(H3,17,18)(H,19,20);1-3,6-8,10,12H,4-5,11,13H2,(H,18,19);1-8H,9H2,(H2,13,14,15);1-3H,(H2,6,7,8). The highest BCUT2D eigenvalue weighted by atomic mass is 32.2. The van der Waals surface area contributed by atoms with Gasteiger partial charge in [-0.1, -0.05) is 152 Å². The maximum atomic E-state index is 12.2. The van der Waals surface area contributed by atoms with Gasteiger partial charge < -0.3 is 76.8 Å². The average Bonchev–Trinajstić information content (AvgIpc) is 0.833. The number of unbranched alkanes of at least 4 members (excludes halogenated alkanes) is 1. The summed E-state index contributed by atoms with van der Waals surface area (Å²) >= 11 is 0. The summed E-state index contributed by atoms with van der Waals surface area (Å²) in [6.07, 6.45) is 13.5. The number of pyridine rings is 6. The number of benzene rings is 5. The quantitative estimate of drug-likeness (QED) is 0.00997. The van der Waals surface area contributed by atoms with E-state index in [0.29, 0.717) is 69.1 Å². The van der Waals surface area contributed by atoms with Crippen molar-refractivity contribution in [1.29, 1.82) is 16.1 Å². The fourth-order valence-electron chi connectivity index (χ4n) is 9.34. The van der Waals surface area contributed by atoms with Crippen molar-refractivity contribution in [2.45, 2.75) is 89.6 Å². The molecule has 0 radical (unpaired) electrons. The number of aromatic amines is 2. The van der Waals surface area contributed by atoms with Crippen LogP contribution in [0.25, 0.3) is 0 Å². The van der Waals surface area contributed by atoms with Gasteiger partial charge in [0.2, 0.25) is 29.1 Å². The molecule has 27 nitrogen and oxygen atoms in total. The number of ether oxygens (including phenoxy) is 5. The molecule has 0 saturated heterocycles. The zero-order valence-corrected chi connectivity index (χ0v) is 63.7. The SMILES string of the molecule is COC(=N)CCCOc1cc(NCc2ccccc2)ccn1.N#CCCCOc1cc(NCc2ccccc2)ccn1.N=C(N)CCCOc1cc(NCc2ccccc2)ccn1.NC(CCCOc1cc(NCc2ccccc2)ccn1)=NS(=O)(=O)C(F)(F)F.O=c1cc(NCc2ccccc2)cc[nH]1.O=c1cc(O)cc[nH]1. The molecule has 0 fully saturated rings. The van der Waals surface area contributed by atoms with E-state index in [-0.39, 0.29) is 48.0 Å². The number of sulfonamides is 1. The number of methoxy groups -OCH3 is 1. The molecule has 0 unspecified atom stereocenters. The normalized spacial score (nSPS) is 10.5. The number of hydrogen-bond acceptors (Lipinski definition) is 22. The van der Waals surface area contributed by atoms with Crippen molar-refractivity contribution in [3.05, 3.63) is 310 Å². The predicted molar refractivity (Wildman–Crippen MR) is 439 cm³/mol. The van der Waals surface area contributed by atoms with E-state index in [9.17, 15) is 31.2 Å². The van der Waals surface area contributed by atoms with E-state index in [1.54, 1.807) is 49.2 Å². The van der Waals surface area contributed by atoms with Crippen LogP contribution in [0.1, 0.15) is 79.2 Å². The number of H-pyrrole nitrogens is 2. The summed E-state index contributed by atoms with van der Waals surface area (Å²) in [4.78, 5) is 42.7. The van der Waals surface area contributed by atoms with Crippen LogP contribution in [0.2, 0.25) is 0 Å². The van der Waals surface area contributed by atoms with Crippen LogP contribution in [-0.4, -0.2) is 100 Å². The molecule has 598 valence electrons. The third kappa shape index (κ3) is 39.0. The minimum absolute atomic E-state index is 0.00579. The van der Waals surface area contributed by atoms with Crippen LogP contribution in [0.3, 0.4) is 0 Å². The number of alkyl halides is 3. The smallest absolute Gasteiger partial charge is 0.508 e. The first-order valence-electron chi connectivity index (χ1n) is 36.0. The van der Waals surface area contributed by atoms with E-state index in [4.69, 9.17) is 56.3 Å². The number of nitrogens with two attached hydrogens (primary N) is 2. The van der Waals surface area contributed by atoms with Crippen LogP contribution in [0.5, 0.6) is 29.3 Å². The fraction of sp³-hybridized carbons (Fsp3) is 0.229. The molecule has 0 aliphatic rings. The van der Waals surface area contributed by atoms with E-state index >= 15 is 0 Å². The Morgan fingerprint density at radius 1 is 0.474 bits per heavy atom. The Morgan fingerprint density at radius 3 is 1.09 bits per heavy atom. The number of anilines is 5. The van der Waals surface area contributed by atoms with Gasteiger partial charge in [0.1, 0.15) is 11.6 Å². The van der Waals surface area contributed by atoms with Crippen molar-refractivity contribution in [1.82, 2.24) is 29.9 Å². The van der Waals surface area contributed by atoms with Gasteiger partial charge in [0.25, 0.3) is 5.56 Å². The molecule has 0 aliphatic heterocycles. The Balaban J connectivity index is 0.000000218. The van der Waals surface area contributed by atoms with Gasteiger partial charge in [0, 0.05) is 160 Å². The second-order valence-corrected chi connectivity index (χ2v) is 25.8. The molecular weight excluding hydrogens is 1480 g/mol. The third-order valence-corrected chi connectivity index (χ3v) is 16.2. The van der Waals surface area contributed by atoms with Crippen molar-refractivity contribution in [2.24, 2.45) is 15.9 Å². The van der Waals surface area contributed by atoms with Crippen LogP contribution in [0.4, 0.5) is 41.6 Å². The Hall–Kier alpha value is -13.8. The van der Waals surface area contributed by atoms with Crippen molar-refractivity contribution in [2.75, 3.05) is 60.1 Å².